The van der Waals surface area contributed by atoms with Gasteiger partial charge in [0.2, 0.25) is 0 Å². The van der Waals surface area contributed by atoms with Crippen molar-refractivity contribution < 1.29 is 14.2 Å². The predicted molar refractivity (Wildman–Crippen MR) is 77.0 cm³/mol. The molecule has 0 radical (unpaired) electrons. The van der Waals surface area contributed by atoms with Gasteiger partial charge in [-0.3, -0.25) is 0 Å². The Morgan fingerprint density at radius 1 is 1.21 bits per heavy atom. The van der Waals surface area contributed by atoms with Crippen molar-refractivity contribution in [2.45, 2.75) is 32.9 Å². The lowest BCUT2D eigenvalue weighted by molar-refractivity contribution is 0.0705. The van der Waals surface area contributed by atoms with E-state index in [0.717, 1.165) is 31.0 Å². The van der Waals surface area contributed by atoms with Crippen LogP contribution in [0.15, 0.2) is 18.2 Å². The van der Waals surface area contributed by atoms with E-state index in [1.165, 1.54) is 5.56 Å². The first-order chi connectivity index (χ1) is 9.21. The van der Waals surface area contributed by atoms with Crippen LogP contribution in [0.4, 0.5) is 0 Å². The van der Waals surface area contributed by atoms with Crippen LogP contribution in [-0.4, -0.2) is 33.5 Å². The summed E-state index contributed by atoms with van der Waals surface area (Å²) in [5, 5.41) is 3.37. The maximum Gasteiger partial charge on any atom is 0.161 e. The molecule has 0 spiro atoms. The van der Waals surface area contributed by atoms with Gasteiger partial charge in [0, 0.05) is 13.7 Å². The lowest BCUT2D eigenvalue weighted by Gasteiger charge is -2.15. The molecule has 1 rings (SSSR count). The Morgan fingerprint density at radius 3 is 2.63 bits per heavy atom. The Kier molecular flexibility index (Phi) is 7.30. The molecule has 108 valence electrons. The molecule has 4 nitrogen and oxygen atoms in total. The normalized spacial score (nSPS) is 12.2. The fourth-order valence-corrected chi connectivity index (χ4v) is 1.63. The van der Waals surface area contributed by atoms with Gasteiger partial charge in [0.25, 0.3) is 0 Å². The minimum absolute atomic E-state index is 0.0616. The Morgan fingerprint density at radius 2 is 2.00 bits per heavy atom. The minimum Gasteiger partial charge on any atom is -0.493 e. The summed E-state index contributed by atoms with van der Waals surface area (Å²) in [6.45, 7) is 6.50. The highest BCUT2D eigenvalue weighted by molar-refractivity contribution is 5.43. The molecule has 1 unspecified atom stereocenters. The lowest BCUT2D eigenvalue weighted by Crippen LogP contribution is -2.17. The van der Waals surface area contributed by atoms with Gasteiger partial charge in [-0.25, -0.2) is 0 Å². The van der Waals surface area contributed by atoms with E-state index < -0.39 is 0 Å². The predicted octanol–water partition coefficient (Wildman–Crippen LogP) is 2.61. The fraction of sp³-hybridized carbons (Fsp3) is 0.600. The summed E-state index contributed by atoms with van der Waals surface area (Å²) in [5.41, 5.74) is 1.19. The van der Waals surface area contributed by atoms with Gasteiger partial charge in [0.1, 0.15) is 6.61 Å². The first-order valence-electron chi connectivity index (χ1n) is 6.74. The van der Waals surface area contributed by atoms with Crippen molar-refractivity contribution in [3.8, 4) is 11.5 Å². The summed E-state index contributed by atoms with van der Waals surface area (Å²) in [6.07, 6.45) is 1.19. The Balaban J connectivity index is 2.66. The summed E-state index contributed by atoms with van der Waals surface area (Å²) in [6, 6.07) is 6.01. The molecule has 4 heteroatoms. The van der Waals surface area contributed by atoms with E-state index in [2.05, 4.69) is 12.2 Å². The number of ether oxygens (including phenoxy) is 3. The SMILES string of the molecule is CCCNCc1ccc(OC)c(OCC(C)OC)c1. The highest BCUT2D eigenvalue weighted by Gasteiger charge is 2.08. The van der Waals surface area contributed by atoms with Crippen molar-refractivity contribution in [2.24, 2.45) is 0 Å². The highest BCUT2D eigenvalue weighted by Crippen LogP contribution is 2.28. The molecule has 0 amide bonds. The maximum atomic E-state index is 5.75. The molecule has 0 aromatic heterocycles. The molecule has 19 heavy (non-hydrogen) atoms. The van der Waals surface area contributed by atoms with Crippen molar-refractivity contribution in [3.63, 3.8) is 0 Å². The van der Waals surface area contributed by atoms with Crippen LogP contribution in [0.25, 0.3) is 0 Å². The molecule has 0 saturated carbocycles. The quantitative estimate of drug-likeness (QED) is 0.698. The topological polar surface area (TPSA) is 39.7 Å². The number of hydrogen-bond acceptors (Lipinski definition) is 4. The zero-order valence-electron chi connectivity index (χ0n) is 12.4. The van der Waals surface area contributed by atoms with Crippen LogP contribution < -0.4 is 14.8 Å². The van der Waals surface area contributed by atoms with E-state index >= 15 is 0 Å². The number of nitrogens with one attached hydrogen (secondary N) is 1. The van der Waals surface area contributed by atoms with E-state index in [9.17, 15) is 0 Å². The van der Waals surface area contributed by atoms with Crippen LogP contribution in [0, 0.1) is 0 Å². The molecule has 1 aromatic carbocycles. The van der Waals surface area contributed by atoms with Crippen molar-refractivity contribution in [2.75, 3.05) is 27.4 Å². The van der Waals surface area contributed by atoms with Gasteiger partial charge in [0.05, 0.1) is 13.2 Å². The van der Waals surface area contributed by atoms with Crippen molar-refractivity contribution >= 4 is 0 Å². The molecule has 0 aliphatic heterocycles. The smallest absolute Gasteiger partial charge is 0.161 e. The zero-order valence-corrected chi connectivity index (χ0v) is 12.4. The fourth-order valence-electron chi connectivity index (χ4n) is 1.63. The van der Waals surface area contributed by atoms with Crippen molar-refractivity contribution in [3.05, 3.63) is 23.8 Å². The van der Waals surface area contributed by atoms with E-state index in [4.69, 9.17) is 14.2 Å². The largest absolute Gasteiger partial charge is 0.493 e. The summed E-state index contributed by atoms with van der Waals surface area (Å²) in [7, 11) is 3.33. The third kappa shape index (κ3) is 5.49. The van der Waals surface area contributed by atoms with E-state index in [1.54, 1.807) is 14.2 Å². The first-order valence-corrected chi connectivity index (χ1v) is 6.74. The summed E-state index contributed by atoms with van der Waals surface area (Å²) in [5.74, 6) is 1.52. The van der Waals surface area contributed by atoms with Crippen LogP contribution in [0.3, 0.4) is 0 Å². The number of hydrogen-bond donors (Lipinski definition) is 1. The van der Waals surface area contributed by atoms with E-state index in [1.807, 2.05) is 25.1 Å². The van der Waals surface area contributed by atoms with Gasteiger partial charge in [-0.1, -0.05) is 13.0 Å². The van der Waals surface area contributed by atoms with Gasteiger partial charge in [-0.2, -0.15) is 0 Å². The van der Waals surface area contributed by atoms with Gasteiger partial charge >= 0.3 is 0 Å². The Labute approximate surface area is 116 Å². The molecular formula is C15H25NO3. The second kappa shape index (κ2) is 8.77. The Bertz CT molecular complexity index is 368. The van der Waals surface area contributed by atoms with Gasteiger partial charge in [-0.15, -0.1) is 0 Å². The second-order valence-electron chi connectivity index (χ2n) is 4.52. The molecule has 0 heterocycles. The van der Waals surface area contributed by atoms with Crippen LogP contribution in [-0.2, 0) is 11.3 Å². The number of rotatable bonds is 9. The molecule has 1 aromatic rings. The van der Waals surface area contributed by atoms with Crippen molar-refractivity contribution in [1.82, 2.24) is 5.32 Å². The van der Waals surface area contributed by atoms with E-state index in [-0.39, 0.29) is 6.10 Å². The molecule has 0 aliphatic rings. The molecule has 0 aliphatic carbocycles. The molecule has 0 bridgehead atoms. The maximum absolute atomic E-state index is 5.75. The number of benzene rings is 1. The molecule has 0 fully saturated rings. The molecule has 1 atom stereocenters. The third-order valence-corrected chi connectivity index (χ3v) is 2.86. The van der Waals surface area contributed by atoms with Crippen LogP contribution in [0.1, 0.15) is 25.8 Å². The molecule has 0 saturated heterocycles. The molecule has 1 N–H and O–H groups in total. The summed E-state index contributed by atoms with van der Waals surface area (Å²) < 4.78 is 16.2. The van der Waals surface area contributed by atoms with Gasteiger partial charge < -0.3 is 19.5 Å². The van der Waals surface area contributed by atoms with Crippen molar-refractivity contribution in [1.29, 1.82) is 0 Å². The standard InChI is InChI=1S/C15H25NO3/c1-5-8-16-10-13-6-7-14(18-4)15(9-13)19-11-12(2)17-3/h6-7,9,12,16H,5,8,10-11H2,1-4H3. The minimum atomic E-state index is 0.0616. The first kappa shape index (κ1) is 15.8. The van der Waals surface area contributed by atoms with E-state index in [0.29, 0.717) is 6.61 Å². The monoisotopic (exact) mass is 267 g/mol. The average molecular weight is 267 g/mol. The lowest BCUT2D eigenvalue weighted by atomic mass is 10.2. The van der Waals surface area contributed by atoms with Gasteiger partial charge in [-0.05, 0) is 37.6 Å². The summed E-state index contributed by atoms with van der Waals surface area (Å²) >= 11 is 0. The average Bonchev–Trinajstić information content (AvgIpc) is 2.45. The van der Waals surface area contributed by atoms with Crippen LogP contribution >= 0.6 is 0 Å². The number of methoxy groups -OCH3 is 2. The molecular weight excluding hydrogens is 242 g/mol. The third-order valence-electron chi connectivity index (χ3n) is 2.86. The summed E-state index contributed by atoms with van der Waals surface area (Å²) in [4.78, 5) is 0. The Hall–Kier alpha value is -1.26. The zero-order chi connectivity index (χ0) is 14.1. The van der Waals surface area contributed by atoms with Gasteiger partial charge in [0.15, 0.2) is 11.5 Å². The highest BCUT2D eigenvalue weighted by atomic mass is 16.5. The van der Waals surface area contributed by atoms with Crippen LogP contribution in [0.2, 0.25) is 0 Å². The second-order valence-corrected chi connectivity index (χ2v) is 4.52. The van der Waals surface area contributed by atoms with Crippen LogP contribution in [0.5, 0.6) is 11.5 Å².